The predicted octanol–water partition coefficient (Wildman–Crippen LogP) is 2.55. The van der Waals surface area contributed by atoms with E-state index in [0.29, 0.717) is 24.3 Å². The molecule has 1 saturated carbocycles. The minimum atomic E-state index is 0. The maximum absolute atomic E-state index is 12.2. The molecule has 1 heterocycles. The quantitative estimate of drug-likeness (QED) is 0.931. The van der Waals surface area contributed by atoms with Gasteiger partial charge in [0.2, 0.25) is 5.91 Å². The number of halogens is 1. The maximum atomic E-state index is 12.2. The molecular formula is C16H23ClN2O. The number of hydrogen-bond donors (Lipinski definition) is 1. The highest BCUT2D eigenvalue weighted by Gasteiger charge is 2.34. The fourth-order valence-corrected chi connectivity index (χ4v) is 3.16. The van der Waals surface area contributed by atoms with Gasteiger partial charge in [0.1, 0.15) is 0 Å². The molecule has 0 aromatic heterocycles. The van der Waals surface area contributed by atoms with Crippen LogP contribution in [-0.2, 0) is 4.79 Å². The number of carbonyl (C=O) groups is 1. The van der Waals surface area contributed by atoms with E-state index in [0.717, 1.165) is 13.0 Å². The minimum absolute atomic E-state index is 0. The van der Waals surface area contributed by atoms with Crippen molar-refractivity contribution in [1.29, 1.82) is 0 Å². The van der Waals surface area contributed by atoms with Crippen LogP contribution in [0.4, 0.5) is 0 Å². The third kappa shape index (κ3) is 3.15. The highest BCUT2D eigenvalue weighted by molar-refractivity contribution is 5.85. The molecule has 0 bridgehead atoms. The highest BCUT2D eigenvalue weighted by Crippen LogP contribution is 2.32. The maximum Gasteiger partial charge on any atom is 0.222 e. The lowest BCUT2D eigenvalue weighted by atomic mass is 9.83. The Bertz CT molecular complexity index is 447. The number of carbonyl (C=O) groups excluding carboxylic acids is 1. The number of nitrogens with two attached hydrogens (primary N) is 1. The van der Waals surface area contributed by atoms with Gasteiger partial charge in [-0.25, -0.2) is 0 Å². The SMILES string of the molecule is Cl.N[C@@H]1CN(C(=O)CC2CCC2)C[C@H]1c1ccccc1. The van der Waals surface area contributed by atoms with Crippen molar-refractivity contribution in [2.45, 2.75) is 37.6 Å². The largest absolute Gasteiger partial charge is 0.340 e. The van der Waals surface area contributed by atoms with Crippen molar-refractivity contribution in [3.63, 3.8) is 0 Å². The lowest BCUT2D eigenvalue weighted by Crippen LogP contribution is -2.34. The first-order valence-corrected chi connectivity index (χ1v) is 7.32. The molecule has 0 spiro atoms. The fourth-order valence-electron chi connectivity index (χ4n) is 3.16. The van der Waals surface area contributed by atoms with Crippen LogP contribution >= 0.6 is 12.4 Å². The van der Waals surface area contributed by atoms with Crippen molar-refractivity contribution in [2.24, 2.45) is 11.7 Å². The number of benzene rings is 1. The Morgan fingerprint density at radius 2 is 1.90 bits per heavy atom. The molecule has 0 radical (unpaired) electrons. The third-order valence-electron chi connectivity index (χ3n) is 4.63. The van der Waals surface area contributed by atoms with Gasteiger partial charge in [-0.05, 0) is 24.3 Å². The molecule has 2 aliphatic rings. The lowest BCUT2D eigenvalue weighted by molar-refractivity contribution is -0.131. The van der Waals surface area contributed by atoms with Gasteiger partial charge < -0.3 is 10.6 Å². The summed E-state index contributed by atoms with van der Waals surface area (Å²) in [5, 5.41) is 0. The number of hydrogen-bond acceptors (Lipinski definition) is 2. The van der Waals surface area contributed by atoms with Gasteiger partial charge in [0.15, 0.2) is 0 Å². The summed E-state index contributed by atoms with van der Waals surface area (Å²) >= 11 is 0. The Hall–Kier alpha value is -1.06. The van der Waals surface area contributed by atoms with Gasteiger partial charge in [-0.3, -0.25) is 4.79 Å². The number of rotatable bonds is 3. The summed E-state index contributed by atoms with van der Waals surface area (Å²) in [6.07, 6.45) is 4.49. The molecule has 1 aromatic rings. The first-order chi connectivity index (χ1) is 9.24. The second-order valence-electron chi connectivity index (χ2n) is 5.98. The summed E-state index contributed by atoms with van der Waals surface area (Å²) in [5.41, 5.74) is 7.48. The van der Waals surface area contributed by atoms with E-state index in [1.54, 1.807) is 0 Å². The van der Waals surface area contributed by atoms with E-state index < -0.39 is 0 Å². The second-order valence-corrected chi connectivity index (χ2v) is 5.98. The van der Waals surface area contributed by atoms with Crippen LogP contribution in [0.15, 0.2) is 30.3 Å². The van der Waals surface area contributed by atoms with E-state index >= 15 is 0 Å². The van der Waals surface area contributed by atoms with Gasteiger partial charge in [-0.2, -0.15) is 0 Å². The van der Waals surface area contributed by atoms with Crippen molar-refractivity contribution >= 4 is 18.3 Å². The molecule has 3 rings (SSSR count). The van der Waals surface area contributed by atoms with Crippen molar-refractivity contribution in [3.8, 4) is 0 Å². The van der Waals surface area contributed by atoms with Crippen LogP contribution < -0.4 is 5.73 Å². The lowest BCUT2D eigenvalue weighted by Gasteiger charge is -2.27. The summed E-state index contributed by atoms with van der Waals surface area (Å²) in [6, 6.07) is 10.4. The van der Waals surface area contributed by atoms with Gasteiger partial charge in [-0.1, -0.05) is 36.8 Å². The van der Waals surface area contributed by atoms with Crippen molar-refractivity contribution < 1.29 is 4.79 Å². The molecule has 2 fully saturated rings. The smallest absolute Gasteiger partial charge is 0.222 e. The molecule has 1 saturated heterocycles. The van der Waals surface area contributed by atoms with E-state index in [1.165, 1.54) is 24.8 Å². The molecule has 3 nitrogen and oxygen atoms in total. The Kier molecular flexibility index (Phi) is 5.06. The number of likely N-dealkylation sites (tertiary alicyclic amines) is 1. The Balaban J connectivity index is 0.00000147. The summed E-state index contributed by atoms with van der Waals surface area (Å²) in [7, 11) is 0. The molecule has 2 atom stereocenters. The van der Waals surface area contributed by atoms with Gasteiger partial charge in [0, 0.05) is 31.5 Å². The molecule has 1 aliphatic heterocycles. The van der Waals surface area contributed by atoms with Crippen LogP contribution in [0.2, 0.25) is 0 Å². The van der Waals surface area contributed by atoms with Crippen LogP contribution in [-0.4, -0.2) is 29.9 Å². The molecule has 0 unspecified atom stereocenters. The zero-order chi connectivity index (χ0) is 13.2. The van der Waals surface area contributed by atoms with Crippen LogP contribution in [0.1, 0.15) is 37.2 Å². The van der Waals surface area contributed by atoms with Crippen LogP contribution in [0, 0.1) is 5.92 Å². The first kappa shape index (κ1) is 15.3. The zero-order valence-electron chi connectivity index (χ0n) is 11.7. The Morgan fingerprint density at radius 1 is 1.20 bits per heavy atom. The zero-order valence-corrected chi connectivity index (χ0v) is 12.5. The Morgan fingerprint density at radius 3 is 2.50 bits per heavy atom. The van der Waals surface area contributed by atoms with Gasteiger partial charge in [-0.15, -0.1) is 12.4 Å². The average Bonchev–Trinajstić information content (AvgIpc) is 2.77. The summed E-state index contributed by atoms with van der Waals surface area (Å²) < 4.78 is 0. The van der Waals surface area contributed by atoms with Crippen LogP contribution in [0.3, 0.4) is 0 Å². The Labute approximate surface area is 126 Å². The number of nitrogens with zero attached hydrogens (tertiary/aromatic N) is 1. The highest BCUT2D eigenvalue weighted by atomic mass is 35.5. The molecule has 1 aromatic carbocycles. The third-order valence-corrected chi connectivity index (χ3v) is 4.63. The van der Waals surface area contributed by atoms with E-state index in [-0.39, 0.29) is 18.4 Å². The second kappa shape index (κ2) is 6.59. The molecule has 1 amide bonds. The predicted molar refractivity (Wildman–Crippen MR) is 82.9 cm³/mol. The van der Waals surface area contributed by atoms with Gasteiger partial charge >= 0.3 is 0 Å². The normalized spacial score (nSPS) is 25.9. The van der Waals surface area contributed by atoms with Crippen LogP contribution in [0.5, 0.6) is 0 Å². The summed E-state index contributed by atoms with van der Waals surface area (Å²) in [6.45, 7) is 1.50. The van der Waals surface area contributed by atoms with E-state index in [2.05, 4.69) is 12.1 Å². The van der Waals surface area contributed by atoms with Gasteiger partial charge in [0.25, 0.3) is 0 Å². The minimum Gasteiger partial charge on any atom is -0.340 e. The average molecular weight is 295 g/mol. The standard InChI is InChI=1S/C16H22N2O.ClH/c17-15-11-18(16(19)9-12-5-4-6-12)10-14(15)13-7-2-1-3-8-13;/h1-3,7-8,12,14-15H,4-6,9-11,17H2;1H/t14-,15+;/m0./s1. The summed E-state index contributed by atoms with van der Waals surface area (Å²) in [4.78, 5) is 14.2. The van der Waals surface area contributed by atoms with Crippen molar-refractivity contribution in [2.75, 3.05) is 13.1 Å². The molecule has 1 aliphatic carbocycles. The van der Waals surface area contributed by atoms with Gasteiger partial charge in [0.05, 0.1) is 0 Å². The topological polar surface area (TPSA) is 46.3 Å². The fraction of sp³-hybridized carbons (Fsp3) is 0.562. The van der Waals surface area contributed by atoms with E-state index in [1.807, 2.05) is 23.1 Å². The first-order valence-electron chi connectivity index (χ1n) is 7.32. The van der Waals surface area contributed by atoms with Crippen molar-refractivity contribution in [3.05, 3.63) is 35.9 Å². The molecule has 20 heavy (non-hydrogen) atoms. The monoisotopic (exact) mass is 294 g/mol. The molecular weight excluding hydrogens is 272 g/mol. The van der Waals surface area contributed by atoms with Crippen LogP contribution in [0.25, 0.3) is 0 Å². The molecule has 2 N–H and O–H groups in total. The molecule has 110 valence electrons. The number of amides is 1. The summed E-state index contributed by atoms with van der Waals surface area (Å²) in [5.74, 6) is 1.24. The van der Waals surface area contributed by atoms with E-state index in [9.17, 15) is 4.79 Å². The molecule has 4 heteroatoms. The van der Waals surface area contributed by atoms with E-state index in [4.69, 9.17) is 5.73 Å². The van der Waals surface area contributed by atoms with Crippen molar-refractivity contribution in [1.82, 2.24) is 4.90 Å².